The predicted molar refractivity (Wildman–Crippen MR) is 97.8 cm³/mol. The normalized spacial score (nSPS) is 15.0. The van der Waals surface area contributed by atoms with Gasteiger partial charge >= 0.3 is 0 Å². The van der Waals surface area contributed by atoms with Crippen LogP contribution in [0.5, 0.6) is 5.75 Å². The standard InChI is InChI=1S/C18H28N2O3.ClH/c1-22-14-10-15-4-6-17(7-5-15)23-13-2-3-18(21)20-11-8-16(19)9-12-20;/h4-7,16H,2-3,8-14,19H2,1H3;1H. The second-order valence-corrected chi connectivity index (χ2v) is 6.06. The SMILES string of the molecule is COCCc1ccc(OCCCC(=O)N2CCC(N)CC2)cc1.Cl. The number of piperidine rings is 1. The minimum Gasteiger partial charge on any atom is -0.494 e. The Bertz CT molecular complexity index is 474. The summed E-state index contributed by atoms with van der Waals surface area (Å²) in [5, 5.41) is 0. The van der Waals surface area contributed by atoms with Crippen LogP contribution in [0.25, 0.3) is 0 Å². The predicted octanol–water partition coefficient (Wildman–Crippen LogP) is 2.41. The fourth-order valence-electron chi connectivity index (χ4n) is 2.69. The number of amides is 1. The highest BCUT2D eigenvalue weighted by molar-refractivity contribution is 5.85. The third-order valence-corrected chi connectivity index (χ3v) is 4.21. The molecule has 1 aromatic rings. The molecule has 0 aromatic heterocycles. The number of hydrogen-bond acceptors (Lipinski definition) is 4. The van der Waals surface area contributed by atoms with Crippen molar-refractivity contribution in [2.24, 2.45) is 5.73 Å². The molecule has 1 aliphatic rings. The number of nitrogens with two attached hydrogens (primary N) is 1. The summed E-state index contributed by atoms with van der Waals surface area (Å²) >= 11 is 0. The summed E-state index contributed by atoms with van der Waals surface area (Å²) in [5.74, 6) is 1.07. The smallest absolute Gasteiger partial charge is 0.222 e. The van der Waals surface area contributed by atoms with Gasteiger partial charge in [0.15, 0.2) is 0 Å². The van der Waals surface area contributed by atoms with E-state index in [9.17, 15) is 4.79 Å². The number of carbonyl (C=O) groups excluding carboxylic acids is 1. The fraction of sp³-hybridized carbons (Fsp3) is 0.611. The molecule has 136 valence electrons. The van der Waals surface area contributed by atoms with E-state index in [2.05, 4.69) is 12.1 Å². The van der Waals surface area contributed by atoms with Gasteiger partial charge in [-0.05, 0) is 43.4 Å². The number of benzene rings is 1. The lowest BCUT2D eigenvalue weighted by Gasteiger charge is -2.30. The van der Waals surface area contributed by atoms with Gasteiger partial charge in [0.05, 0.1) is 13.2 Å². The van der Waals surface area contributed by atoms with Crippen LogP contribution in [-0.2, 0) is 16.0 Å². The molecule has 5 nitrogen and oxygen atoms in total. The number of methoxy groups -OCH3 is 1. The van der Waals surface area contributed by atoms with Crippen molar-refractivity contribution in [1.29, 1.82) is 0 Å². The summed E-state index contributed by atoms with van der Waals surface area (Å²) in [7, 11) is 1.71. The first-order valence-corrected chi connectivity index (χ1v) is 8.43. The zero-order chi connectivity index (χ0) is 16.5. The highest BCUT2D eigenvalue weighted by Crippen LogP contribution is 2.14. The Labute approximate surface area is 150 Å². The van der Waals surface area contributed by atoms with E-state index >= 15 is 0 Å². The van der Waals surface area contributed by atoms with Crippen LogP contribution in [0.4, 0.5) is 0 Å². The van der Waals surface area contributed by atoms with Crippen molar-refractivity contribution in [1.82, 2.24) is 4.90 Å². The Morgan fingerprint density at radius 1 is 1.21 bits per heavy atom. The van der Waals surface area contributed by atoms with Gasteiger partial charge < -0.3 is 20.1 Å². The molecule has 0 spiro atoms. The van der Waals surface area contributed by atoms with Crippen LogP contribution in [0.15, 0.2) is 24.3 Å². The Morgan fingerprint density at radius 3 is 2.50 bits per heavy atom. The number of likely N-dealkylation sites (tertiary alicyclic amines) is 1. The molecule has 24 heavy (non-hydrogen) atoms. The molecule has 0 atom stereocenters. The second-order valence-electron chi connectivity index (χ2n) is 6.06. The van der Waals surface area contributed by atoms with Crippen molar-refractivity contribution < 1.29 is 14.3 Å². The van der Waals surface area contributed by atoms with E-state index in [1.807, 2.05) is 17.0 Å². The highest BCUT2D eigenvalue weighted by Gasteiger charge is 2.19. The molecule has 0 bridgehead atoms. The van der Waals surface area contributed by atoms with Gasteiger partial charge in [-0.3, -0.25) is 4.79 Å². The summed E-state index contributed by atoms with van der Waals surface area (Å²) in [6.07, 6.45) is 4.02. The van der Waals surface area contributed by atoms with Crippen LogP contribution in [0.2, 0.25) is 0 Å². The lowest BCUT2D eigenvalue weighted by Crippen LogP contribution is -2.42. The molecule has 1 amide bonds. The lowest BCUT2D eigenvalue weighted by molar-refractivity contribution is -0.132. The summed E-state index contributed by atoms with van der Waals surface area (Å²) in [5.41, 5.74) is 7.09. The van der Waals surface area contributed by atoms with E-state index in [-0.39, 0.29) is 24.4 Å². The Kier molecular flexibility index (Phi) is 9.76. The van der Waals surface area contributed by atoms with E-state index in [1.54, 1.807) is 7.11 Å². The quantitative estimate of drug-likeness (QED) is 0.726. The molecule has 2 N–H and O–H groups in total. The average molecular weight is 357 g/mol. The first kappa shape index (κ1) is 20.7. The molecule has 1 saturated heterocycles. The summed E-state index contributed by atoms with van der Waals surface area (Å²) in [4.78, 5) is 14.0. The monoisotopic (exact) mass is 356 g/mol. The molecule has 1 heterocycles. The van der Waals surface area contributed by atoms with E-state index in [1.165, 1.54) is 5.56 Å². The number of carbonyl (C=O) groups is 1. The van der Waals surface area contributed by atoms with Gasteiger partial charge in [-0.15, -0.1) is 12.4 Å². The van der Waals surface area contributed by atoms with Gasteiger partial charge in [0.2, 0.25) is 5.91 Å². The Balaban J connectivity index is 0.00000288. The third kappa shape index (κ3) is 7.07. The van der Waals surface area contributed by atoms with Crippen molar-refractivity contribution in [3.05, 3.63) is 29.8 Å². The van der Waals surface area contributed by atoms with Crippen LogP contribution >= 0.6 is 12.4 Å². The number of nitrogens with zero attached hydrogens (tertiary/aromatic N) is 1. The molecule has 1 fully saturated rings. The van der Waals surface area contributed by atoms with Gasteiger partial charge in [0.25, 0.3) is 0 Å². The minimum atomic E-state index is 0. The highest BCUT2D eigenvalue weighted by atomic mass is 35.5. The maximum absolute atomic E-state index is 12.1. The van der Waals surface area contributed by atoms with E-state index in [0.717, 1.165) is 51.1 Å². The number of rotatable bonds is 8. The van der Waals surface area contributed by atoms with Crippen molar-refractivity contribution >= 4 is 18.3 Å². The lowest BCUT2D eigenvalue weighted by atomic mass is 10.1. The number of halogens is 1. The Hall–Kier alpha value is -1.30. The van der Waals surface area contributed by atoms with Crippen LogP contribution in [0.1, 0.15) is 31.2 Å². The number of hydrogen-bond donors (Lipinski definition) is 1. The topological polar surface area (TPSA) is 64.8 Å². The Morgan fingerprint density at radius 2 is 1.88 bits per heavy atom. The molecule has 2 rings (SSSR count). The zero-order valence-electron chi connectivity index (χ0n) is 14.4. The first-order chi connectivity index (χ1) is 11.2. The third-order valence-electron chi connectivity index (χ3n) is 4.21. The first-order valence-electron chi connectivity index (χ1n) is 8.43. The molecular weight excluding hydrogens is 328 g/mol. The minimum absolute atomic E-state index is 0. The second kappa shape index (κ2) is 11.3. The van der Waals surface area contributed by atoms with Crippen molar-refractivity contribution in [3.8, 4) is 5.75 Å². The average Bonchev–Trinajstić information content (AvgIpc) is 2.58. The summed E-state index contributed by atoms with van der Waals surface area (Å²) in [6, 6.07) is 8.30. The van der Waals surface area contributed by atoms with E-state index in [0.29, 0.717) is 13.0 Å². The van der Waals surface area contributed by atoms with Gasteiger partial charge in [0, 0.05) is 32.7 Å². The molecule has 0 unspecified atom stereocenters. The van der Waals surface area contributed by atoms with Crippen LogP contribution in [0.3, 0.4) is 0 Å². The fourth-order valence-corrected chi connectivity index (χ4v) is 2.69. The van der Waals surface area contributed by atoms with Gasteiger partial charge in [-0.1, -0.05) is 12.1 Å². The molecule has 1 aromatic carbocycles. The zero-order valence-corrected chi connectivity index (χ0v) is 15.2. The van der Waals surface area contributed by atoms with Crippen molar-refractivity contribution in [2.75, 3.05) is 33.4 Å². The van der Waals surface area contributed by atoms with Crippen LogP contribution in [-0.4, -0.2) is 50.3 Å². The maximum Gasteiger partial charge on any atom is 0.222 e. The van der Waals surface area contributed by atoms with Gasteiger partial charge in [-0.2, -0.15) is 0 Å². The largest absolute Gasteiger partial charge is 0.494 e. The number of ether oxygens (including phenoxy) is 2. The van der Waals surface area contributed by atoms with Crippen molar-refractivity contribution in [2.45, 2.75) is 38.1 Å². The molecule has 1 aliphatic heterocycles. The molecule has 0 aliphatic carbocycles. The maximum atomic E-state index is 12.1. The van der Waals surface area contributed by atoms with Gasteiger partial charge in [-0.25, -0.2) is 0 Å². The summed E-state index contributed by atoms with van der Waals surface area (Å²) < 4.78 is 10.8. The van der Waals surface area contributed by atoms with Crippen LogP contribution < -0.4 is 10.5 Å². The molecular formula is C18H29ClN2O3. The summed E-state index contributed by atoms with van der Waals surface area (Å²) in [6.45, 7) is 2.88. The van der Waals surface area contributed by atoms with E-state index < -0.39 is 0 Å². The molecule has 6 heteroatoms. The van der Waals surface area contributed by atoms with Crippen molar-refractivity contribution in [3.63, 3.8) is 0 Å². The van der Waals surface area contributed by atoms with Gasteiger partial charge in [0.1, 0.15) is 5.75 Å². The molecule has 0 saturated carbocycles. The van der Waals surface area contributed by atoms with E-state index in [4.69, 9.17) is 15.2 Å². The molecule has 0 radical (unpaired) electrons. The van der Waals surface area contributed by atoms with Crippen LogP contribution in [0, 0.1) is 0 Å².